The summed E-state index contributed by atoms with van der Waals surface area (Å²) in [6, 6.07) is 21.7. The minimum absolute atomic E-state index is 0. The first-order chi connectivity index (χ1) is 15.3. The third-order valence-corrected chi connectivity index (χ3v) is 5.81. The molecule has 0 spiro atoms. The standard InChI is InChI=1S/C25H32N6.HI/c1-26-25(27-18-21-9-7-10-22(17-21)20-31-16-8-13-29-31)28-19-24(30-14-5-6-15-30)23-11-3-2-4-12-23;/h2-4,7-13,16-17,24H,5-6,14-15,18-20H2,1H3,(H2,26,27,28);1H. The average molecular weight is 544 g/mol. The number of benzene rings is 2. The number of halogens is 1. The van der Waals surface area contributed by atoms with E-state index in [1.807, 2.05) is 30.2 Å². The van der Waals surface area contributed by atoms with E-state index in [1.54, 1.807) is 0 Å². The Morgan fingerprint density at radius 3 is 2.50 bits per heavy atom. The van der Waals surface area contributed by atoms with E-state index in [1.165, 1.54) is 29.5 Å². The van der Waals surface area contributed by atoms with Crippen molar-refractivity contribution in [1.82, 2.24) is 25.3 Å². The lowest BCUT2D eigenvalue weighted by molar-refractivity contribution is 0.245. The highest BCUT2D eigenvalue weighted by Crippen LogP contribution is 2.24. The summed E-state index contributed by atoms with van der Waals surface area (Å²) in [6.45, 7) is 4.67. The smallest absolute Gasteiger partial charge is 0.191 e. The van der Waals surface area contributed by atoms with Crippen LogP contribution in [-0.4, -0.2) is 47.3 Å². The maximum Gasteiger partial charge on any atom is 0.191 e. The minimum atomic E-state index is 0. The summed E-state index contributed by atoms with van der Waals surface area (Å²) in [5.74, 6) is 0.831. The van der Waals surface area contributed by atoms with E-state index in [-0.39, 0.29) is 24.0 Å². The van der Waals surface area contributed by atoms with E-state index in [0.717, 1.165) is 38.7 Å². The van der Waals surface area contributed by atoms with Gasteiger partial charge in [0.15, 0.2) is 5.96 Å². The lowest BCUT2D eigenvalue weighted by atomic mass is 10.1. The van der Waals surface area contributed by atoms with Crippen molar-refractivity contribution in [1.29, 1.82) is 0 Å². The maximum absolute atomic E-state index is 4.44. The average Bonchev–Trinajstić information content (AvgIpc) is 3.52. The molecule has 1 fully saturated rings. The molecule has 1 saturated heterocycles. The van der Waals surface area contributed by atoms with Crippen molar-refractivity contribution >= 4 is 29.9 Å². The topological polar surface area (TPSA) is 57.5 Å². The molecule has 0 saturated carbocycles. The van der Waals surface area contributed by atoms with Crippen LogP contribution in [0.1, 0.15) is 35.6 Å². The molecule has 0 radical (unpaired) electrons. The molecule has 7 heteroatoms. The molecule has 6 nitrogen and oxygen atoms in total. The van der Waals surface area contributed by atoms with Gasteiger partial charge in [-0.25, -0.2) is 0 Å². The van der Waals surface area contributed by atoms with E-state index in [4.69, 9.17) is 0 Å². The van der Waals surface area contributed by atoms with Crippen molar-refractivity contribution in [2.45, 2.75) is 32.0 Å². The lowest BCUT2D eigenvalue weighted by Gasteiger charge is -2.29. The lowest BCUT2D eigenvalue weighted by Crippen LogP contribution is -2.42. The van der Waals surface area contributed by atoms with Gasteiger partial charge in [-0.3, -0.25) is 14.6 Å². The first-order valence-electron chi connectivity index (χ1n) is 11.1. The molecule has 170 valence electrons. The summed E-state index contributed by atoms with van der Waals surface area (Å²) in [5, 5.41) is 11.3. The first-order valence-corrected chi connectivity index (χ1v) is 11.1. The number of nitrogens with one attached hydrogen (secondary N) is 2. The van der Waals surface area contributed by atoms with E-state index in [2.05, 4.69) is 80.2 Å². The van der Waals surface area contributed by atoms with Crippen molar-refractivity contribution in [3.8, 4) is 0 Å². The molecule has 2 aromatic carbocycles. The van der Waals surface area contributed by atoms with Crippen molar-refractivity contribution in [3.05, 3.63) is 89.7 Å². The number of hydrogen-bond acceptors (Lipinski definition) is 3. The Morgan fingerprint density at radius 1 is 1.00 bits per heavy atom. The summed E-state index contributed by atoms with van der Waals surface area (Å²) < 4.78 is 1.94. The van der Waals surface area contributed by atoms with E-state index >= 15 is 0 Å². The molecular formula is C25H33IN6. The van der Waals surface area contributed by atoms with Crippen molar-refractivity contribution in [2.24, 2.45) is 4.99 Å². The predicted octanol–water partition coefficient (Wildman–Crippen LogP) is 4.05. The Kier molecular flexibility index (Phi) is 9.55. The normalized spacial score (nSPS) is 15.2. The van der Waals surface area contributed by atoms with Crippen LogP contribution in [0.3, 0.4) is 0 Å². The zero-order valence-corrected chi connectivity index (χ0v) is 21.0. The largest absolute Gasteiger partial charge is 0.354 e. The van der Waals surface area contributed by atoms with Crippen LogP contribution in [0.5, 0.6) is 0 Å². The van der Waals surface area contributed by atoms with Crippen LogP contribution in [0.4, 0.5) is 0 Å². The van der Waals surface area contributed by atoms with Crippen LogP contribution < -0.4 is 10.6 Å². The predicted molar refractivity (Wildman–Crippen MR) is 141 cm³/mol. The molecule has 0 bridgehead atoms. The molecule has 4 rings (SSSR count). The first kappa shape index (κ1) is 24.3. The molecule has 32 heavy (non-hydrogen) atoms. The molecular weight excluding hydrogens is 511 g/mol. The molecule has 2 heterocycles. The molecule has 0 aliphatic carbocycles. The van der Waals surface area contributed by atoms with Crippen LogP contribution >= 0.6 is 24.0 Å². The van der Waals surface area contributed by atoms with Gasteiger partial charge in [0.1, 0.15) is 0 Å². The molecule has 1 aliphatic rings. The monoisotopic (exact) mass is 544 g/mol. The van der Waals surface area contributed by atoms with Gasteiger partial charge in [-0.1, -0.05) is 54.6 Å². The van der Waals surface area contributed by atoms with E-state index in [9.17, 15) is 0 Å². The SMILES string of the molecule is CN=C(NCc1cccc(Cn2cccn2)c1)NCC(c1ccccc1)N1CCCC1.I. The molecule has 3 aromatic rings. The summed E-state index contributed by atoms with van der Waals surface area (Å²) >= 11 is 0. The Balaban J connectivity index is 0.00000289. The van der Waals surface area contributed by atoms with Gasteiger partial charge in [-0.2, -0.15) is 5.10 Å². The van der Waals surface area contributed by atoms with Gasteiger partial charge in [-0.05, 0) is 48.7 Å². The highest BCUT2D eigenvalue weighted by atomic mass is 127. The van der Waals surface area contributed by atoms with Crippen molar-refractivity contribution in [2.75, 3.05) is 26.7 Å². The Hall–Kier alpha value is -2.39. The number of aliphatic imine (C=N–C) groups is 1. The van der Waals surface area contributed by atoms with Crippen molar-refractivity contribution in [3.63, 3.8) is 0 Å². The number of guanidine groups is 1. The Labute approximate surface area is 208 Å². The van der Waals surface area contributed by atoms with Gasteiger partial charge in [0, 0.05) is 32.5 Å². The van der Waals surface area contributed by atoms with E-state index < -0.39 is 0 Å². The molecule has 0 amide bonds. The number of hydrogen-bond donors (Lipinski definition) is 2. The van der Waals surface area contributed by atoms with Gasteiger partial charge in [0.2, 0.25) is 0 Å². The fourth-order valence-electron chi connectivity index (χ4n) is 4.20. The Bertz CT molecular complexity index is 952. The van der Waals surface area contributed by atoms with Gasteiger partial charge in [-0.15, -0.1) is 24.0 Å². The zero-order valence-electron chi connectivity index (χ0n) is 18.7. The quantitative estimate of drug-likeness (QED) is 0.255. The van der Waals surface area contributed by atoms with Crippen LogP contribution in [0.15, 0.2) is 78.0 Å². The second-order valence-corrected chi connectivity index (χ2v) is 8.00. The molecule has 1 atom stereocenters. The molecule has 1 unspecified atom stereocenters. The van der Waals surface area contributed by atoms with Gasteiger partial charge in [0.05, 0.1) is 12.6 Å². The summed E-state index contributed by atoms with van der Waals surface area (Å²) in [4.78, 5) is 7.02. The fraction of sp³-hybridized carbons (Fsp3) is 0.360. The number of nitrogens with zero attached hydrogens (tertiary/aromatic N) is 4. The second-order valence-electron chi connectivity index (χ2n) is 8.00. The highest BCUT2D eigenvalue weighted by molar-refractivity contribution is 14.0. The molecule has 1 aliphatic heterocycles. The summed E-state index contributed by atoms with van der Waals surface area (Å²) in [5.41, 5.74) is 3.83. The summed E-state index contributed by atoms with van der Waals surface area (Å²) in [7, 11) is 1.83. The third-order valence-electron chi connectivity index (χ3n) is 5.81. The maximum atomic E-state index is 4.44. The van der Waals surface area contributed by atoms with Crippen molar-refractivity contribution < 1.29 is 0 Å². The fourth-order valence-corrected chi connectivity index (χ4v) is 4.20. The molecule has 2 N–H and O–H groups in total. The summed E-state index contributed by atoms with van der Waals surface area (Å²) in [6.07, 6.45) is 6.36. The van der Waals surface area contributed by atoms with Crippen LogP contribution in [0.25, 0.3) is 0 Å². The Morgan fingerprint density at radius 2 is 1.78 bits per heavy atom. The van der Waals surface area contributed by atoms with Gasteiger partial charge < -0.3 is 10.6 Å². The van der Waals surface area contributed by atoms with Crippen LogP contribution in [0, 0.1) is 0 Å². The van der Waals surface area contributed by atoms with Gasteiger partial charge >= 0.3 is 0 Å². The van der Waals surface area contributed by atoms with Crippen LogP contribution in [0.2, 0.25) is 0 Å². The van der Waals surface area contributed by atoms with Gasteiger partial charge in [0.25, 0.3) is 0 Å². The van der Waals surface area contributed by atoms with Crippen LogP contribution in [-0.2, 0) is 13.1 Å². The number of aromatic nitrogens is 2. The molecule has 1 aromatic heterocycles. The second kappa shape index (κ2) is 12.6. The number of rotatable bonds is 8. The highest BCUT2D eigenvalue weighted by Gasteiger charge is 2.23. The number of likely N-dealkylation sites (tertiary alicyclic amines) is 1. The third kappa shape index (κ3) is 6.80. The zero-order chi connectivity index (χ0) is 21.3. The minimum Gasteiger partial charge on any atom is -0.354 e. The van der Waals surface area contributed by atoms with E-state index in [0.29, 0.717) is 6.04 Å².